The van der Waals surface area contributed by atoms with Gasteiger partial charge < -0.3 is 10.0 Å². The Morgan fingerprint density at radius 3 is 2.95 bits per heavy atom. The van der Waals surface area contributed by atoms with Crippen LogP contribution < -0.4 is 0 Å². The lowest BCUT2D eigenvalue weighted by Crippen LogP contribution is -2.35. The van der Waals surface area contributed by atoms with Crippen LogP contribution in [0.3, 0.4) is 0 Å². The summed E-state index contributed by atoms with van der Waals surface area (Å²) in [6, 6.07) is 2.02. The average Bonchev–Trinajstić information content (AvgIpc) is 2.98. The molecule has 1 heterocycles. The van der Waals surface area contributed by atoms with Crippen molar-refractivity contribution in [2.24, 2.45) is 0 Å². The molecule has 1 fully saturated rings. The van der Waals surface area contributed by atoms with Gasteiger partial charge in [0.2, 0.25) is 0 Å². The number of aromatic nitrogens is 1. The first kappa shape index (κ1) is 13.6. The molecule has 0 radical (unpaired) electrons. The predicted molar refractivity (Wildman–Crippen MR) is 72.6 cm³/mol. The summed E-state index contributed by atoms with van der Waals surface area (Å²) in [6.45, 7) is -0.221. The highest BCUT2D eigenvalue weighted by Crippen LogP contribution is 2.24. The summed E-state index contributed by atoms with van der Waals surface area (Å²) in [7, 11) is 1.85. The van der Waals surface area contributed by atoms with Crippen LogP contribution in [-0.4, -0.2) is 40.6 Å². The van der Waals surface area contributed by atoms with E-state index in [1.165, 1.54) is 12.8 Å². The quantitative estimate of drug-likeness (QED) is 0.817. The highest BCUT2D eigenvalue weighted by Gasteiger charge is 2.25. The highest BCUT2D eigenvalue weighted by atomic mass is 16.2. The summed E-state index contributed by atoms with van der Waals surface area (Å²) in [6.07, 6.45) is 7.69. The minimum absolute atomic E-state index is 0.0171. The zero-order chi connectivity index (χ0) is 13.7. The summed E-state index contributed by atoms with van der Waals surface area (Å²) < 4.78 is 0. The fraction of sp³-hybridized carbons (Fsp3) is 0.467. The van der Waals surface area contributed by atoms with Crippen LogP contribution in [0.1, 0.15) is 41.6 Å². The van der Waals surface area contributed by atoms with Gasteiger partial charge in [-0.15, -0.1) is 0 Å². The van der Waals surface area contributed by atoms with E-state index >= 15 is 0 Å². The standard InChI is InChI=1S/C15H18N2O2/c1-17(13-6-2-3-7-13)15(19)14-8-9-16-11-12(14)5-4-10-18/h8-9,11,13,18H,2-3,6-7,10H2,1H3. The molecule has 1 N–H and O–H groups in total. The van der Waals surface area contributed by atoms with Crippen molar-refractivity contribution in [1.29, 1.82) is 0 Å². The summed E-state index contributed by atoms with van der Waals surface area (Å²) in [5.41, 5.74) is 1.14. The van der Waals surface area contributed by atoms with Crippen molar-refractivity contribution in [2.45, 2.75) is 31.7 Å². The molecule has 1 aromatic heterocycles. The summed E-state index contributed by atoms with van der Waals surface area (Å²) in [4.78, 5) is 18.3. The second kappa shape index (κ2) is 6.35. The summed E-state index contributed by atoms with van der Waals surface area (Å²) >= 11 is 0. The van der Waals surface area contributed by atoms with Crippen molar-refractivity contribution in [2.75, 3.05) is 13.7 Å². The smallest absolute Gasteiger partial charge is 0.255 e. The Morgan fingerprint density at radius 1 is 1.53 bits per heavy atom. The van der Waals surface area contributed by atoms with Gasteiger partial charge in [0.05, 0.1) is 11.1 Å². The van der Waals surface area contributed by atoms with E-state index in [0.717, 1.165) is 12.8 Å². The molecule has 19 heavy (non-hydrogen) atoms. The Bertz CT molecular complexity index is 510. The van der Waals surface area contributed by atoms with Crippen molar-refractivity contribution in [3.05, 3.63) is 29.6 Å². The average molecular weight is 258 g/mol. The molecule has 2 rings (SSSR count). The van der Waals surface area contributed by atoms with E-state index < -0.39 is 0 Å². The molecule has 0 aliphatic heterocycles. The van der Waals surface area contributed by atoms with Crippen molar-refractivity contribution >= 4 is 5.91 Å². The van der Waals surface area contributed by atoms with Gasteiger partial charge in [-0.25, -0.2) is 0 Å². The number of carbonyl (C=O) groups excluding carboxylic acids is 1. The van der Waals surface area contributed by atoms with Gasteiger partial charge >= 0.3 is 0 Å². The Morgan fingerprint density at radius 2 is 2.26 bits per heavy atom. The molecule has 0 aromatic carbocycles. The third-order valence-electron chi connectivity index (χ3n) is 3.55. The third-order valence-corrected chi connectivity index (χ3v) is 3.55. The molecule has 4 heteroatoms. The molecule has 1 saturated carbocycles. The topological polar surface area (TPSA) is 53.4 Å². The van der Waals surface area contributed by atoms with Crippen LogP contribution in [0.15, 0.2) is 18.5 Å². The molecule has 0 atom stereocenters. The van der Waals surface area contributed by atoms with E-state index in [9.17, 15) is 4.79 Å². The number of rotatable bonds is 2. The van der Waals surface area contributed by atoms with Gasteiger partial charge in [0.15, 0.2) is 0 Å². The number of amides is 1. The summed E-state index contributed by atoms with van der Waals surface area (Å²) in [5.74, 6) is 5.33. The SMILES string of the molecule is CN(C(=O)c1ccncc1C#CCO)C1CCCC1. The van der Waals surface area contributed by atoms with E-state index in [1.54, 1.807) is 18.5 Å². The number of aliphatic hydroxyl groups is 1. The van der Waals surface area contributed by atoms with E-state index in [-0.39, 0.29) is 12.5 Å². The van der Waals surface area contributed by atoms with Crippen LogP contribution >= 0.6 is 0 Å². The lowest BCUT2D eigenvalue weighted by molar-refractivity contribution is 0.0735. The number of hydrogen-bond donors (Lipinski definition) is 1. The van der Waals surface area contributed by atoms with E-state index in [0.29, 0.717) is 17.2 Å². The van der Waals surface area contributed by atoms with E-state index in [4.69, 9.17) is 5.11 Å². The maximum Gasteiger partial charge on any atom is 0.255 e. The van der Waals surface area contributed by atoms with Crippen LogP contribution in [0.5, 0.6) is 0 Å². The molecule has 0 bridgehead atoms. The molecule has 4 nitrogen and oxygen atoms in total. The zero-order valence-electron chi connectivity index (χ0n) is 11.1. The largest absolute Gasteiger partial charge is 0.384 e. The lowest BCUT2D eigenvalue weighted by atomic mass is 10.1. The minimum Gasteiger partial charge on any atom is -0.384 e. The number of hydrogen-bond acceptors (Lipinski definition) is 3. The Hall–Kier alpha value is -1.86. The van der Waals surface area contributed by atoms with Crippen molar-refractivity contribution in [3.63, 3.8) is 0 Å². The molecule has 100 valence electrons. The van der Waals surface area contributed by atoms with Crippen LogP contribution in [0, 0.1) is 11.8 Å². The Kier molecular flexibility index (Phi) is 4.53. The van der Waals surface area contributed by atoms with E-state index in [2.05, 4.69) is 16.8 Å². The molecular formula is C15H18N2O2. The highest BCUT2D eigenvalue weighted by molar-refractivity contribution is 5.96. The van der Waals surface area contributed by atoms with E-state index in [1.807, 2.05) is 11.9 Å². The maximum atomic E-state index is 12.5. The first-order valence-electron chi connectivity index (χ1n) is 6.55. The van der Waals surface area contributed by atoms with Gasteiger partial charge in [0.1, 0.15) is 6.61 Å². The first-order chi connectivity index (χ1) is 9.24. The molecule has 0 saturated heterocycles. The van der Waals surface area contributed by atoms with Crippen molar-refractivity contribution in [3.8, 4) is 11.8 Å². The maximum absolute atomic E-state index is 12.5. The normalized spacial score (nSPS) is 14.8. The number of carbonyl (C=O) groups is 1. The van der Waals surface area contributed by atoms with Gasteiger partial charge in [-0.05, 0) is 18.9 Å². The van der Waals surface area contributed by atoms with Gasteiger partial charge in [0, 0.05) is 25.5 Å². The van der Waals surface area contributed by atoms with Gasteiger partial charge in [-0.1, -0.05) is 24.7 Å². The third kappa shape index (κ3) is 3.12. The molecule has 1 amide bonds. The first-order valence-corrected chi connectivity index (χ1v) is 6.55. The molecular weight excluding hydrogens is 240 g/mol. The van der Waals surface area contributed by atoms with Gasteiger partial charge in [-0.2, -0.15) is 0 Å². The number of nitrogens with zero attached hydrogens (tertiary/aromatic N) is 2. The predicted octanol–water partition coefficient (Wildman–Crippen LogP) is 1.44. The number of pyridine rings is 1. The molecule has 1 aliphatic rings. The Balaban J connectivity index is 2.22. The van der Waals surface area contributed by atoms with Crippen LogP contribution in [0.25, 0.3) is 0 Å². The Labute approximate surface area is 113 Å². The fourth-order valence-corrected chi connectivity index (χ4v) is 2.46. The van der Waals surface area contributed by atoms with Crippen LogP contribution in [-0.2, 0) is 0 Å². The second-order valence-corrected chi connectivity index (χ2v) is 4.74. The monoisotopic (exact) mass is 258 g/mol. The van der Waals surface area contributed by atoms with Crippen molar-refractivity contribution < 1.29 is 9.90 Å². The fourth-order valence-electron chi connectivity index (χ4n) is 2.46. The van der Waals surface area contributed by atoms with Gasteiger partial charge in [0.25, 0.3) is 5.91 Å². The molecule has 0 spiro atoms. The van der Waals surface area contributed by atoms with Crippen LogP contribution in [0.4, 0.5) is 0 Å². The minimum atomic E-state index is -0.221. The number of aliphatic hydroxyl groups excluding tert-OH is 1. The molecule has 1 aliphatic carbocycles. The van der Waals surface area contributed by atoms with Gasteiger partial charge in [-0.3, -0.25) is 9.78 Å². The summed E-state index contributed by atoms with van der Waals surface area (Å²) in [5, 5.41) is 8.75. The molecule has 1 aromatic rings. The molecule has 0 unspecified atom stereocenters. The zero-order valence-corrected chi connectivity index (χ0v) is 11.1. The van der Waals surface area contributed by atoms with Crippen molar-refractivity contribution in [1.82, 2.24) is 9.88 Å². The lowest BCUT2D eigenvalue weighted by Gasteiger charge is -2.24. The van der Waals surface area contributed by atoms with Crippen LogP contribution in [0.2, 0.25) is 0 Å². The second-order valence-electron chi connectivity index (χ2n) is 4.74.